The van der Waals surface area contributed by atoms with Crippen molar-refractivity contribution in [2.75, 3.05) is 32.0 Å². The summed E-state index contributed by atoms with van der Waals surface area (Å²) < 4.78 is 0. The van der Waals surface area contributed by atoms with Gasteiger partial charge in [0.05, 0.1) is 4.92 Å². The number of hydrogen-bond acceptors (Lipinski definition) is 6. The summed E-state index contributed by atoms with van der Waals surface area (Å²) in [7, 11) is 2.13. The lowest BCUT2D eigenvalue weighted by molar-refractivity contribution is -0.385. The monoisotopic (exact) mass is 313 g/mol. The Hall–Kier alpha value is -1.47. The van der Waals surface area contributed by atoms with Crippen molar-refractivity contribution in [2.45, 2.75) is 26.2 Å². The molecule has 0 saturated carbocycles. The molecule has 0 aromatic carbocycles. The molecule has 0 aliphatic carbocycles. The van der Waals surface area contributed by atoms with Crippen molar-refractivity contribution in [3.63, 3.8) is 0 Å². The Morgan fingerprint density at radius 1 is 1.43 bits per heavy atom. The molecule has 0 spiro atoms. The maximum absolute atomic E-state index is 11.1. The third kappa shape index (κ3) is 4.25. The Bertz CT molecular complexity index is 518. The van der Waals surface area contributed by atoms with Gasteiger partial charge in [-0.25, -0.2) is 4.98 Å². The minimum Gasteiger partial charge on any atom is -0.364 e. The molecule has 0 unspecified atom stereocenters. The third-order valence-electron chi connectivity index (χ3n) is 3.90. The molecule has 0 bridgehead atoms. The first-order valence-electron chi connectivity index (χ1n) is 7.08. The lowest BCUT2D eigenvalue weighted by Crippen LogP contribution is -2.30. The highest BCUT2D eigenvalue weighted by atomic mass is 35.5. The number of nitrogens with one attached hydrogen (secondary N) is 1. The highest BCUT2D eigenvalue weighted by Crippen LogP contribution is 2.27. The topological polar surface area (TPSA) is 84.2 Å². The van der Waals surface area contributed by atoms with Crippen LogP contribution in [0.15, 0.2) is 0 Å². The zero-order valence-corrected chi connectivity index (χ0v) is 13.1. The van der Waals surface area contributed by atoms with Crippen LogP contribution in [0.25, 0.3) is 0 Å². The predicted molar refractivity (Wildman–Crippen MR) is 81.8 cm³/mol. The molecule has 1 fully saturated rings. The van der Waals surface area contributed by atoms with Crippen LogP contribution in [0.5, 0.6) is 0 Å². The first-order chi connectivity index (χ1) is 9.97. The fourth-order valence-corrected chi connectivity index (χ4v) is 2.83. The Labute approximate surface area is 128 Å². The molecule has 0 atom stereocenters. The van der Waals surface area contributed by atoms with E-state index in [1.54, 1.807) is 6.92 Å². The van der Waals surface area contributed by atoms with E-state index in [9.17, 15) is 10.1 Å². The zero-order valence-electron chi connectivity index (χ0n) is 12.3. The van der Waals surface area contributed by atoms with Crippen molar-refractivity contribution in [1.29, 1.82) is 0 Å². The van der Waals surface area contributed by atoms with Crippen LogP contribution in [0, 0.1) is 23.0 Å². The molecule has 2 rings (SSSR count). The summed E-state index contributed by atoms with van der Waals surface area (Å²) >= 11 is 5.78. The van der Waals surface area contributed by atoms with E-state index in [1.807, 2.05) is 0 Å². The maximum Gasteiger partial charge on any atom is 0.332 e. The second-order valence-electron chi connectivity index (χ2n) is 5.49. The van der Waals surface area contributed by atoms with Gasteiger partial charge in [0.25, 0.3) is 0 Å². The number of nitrogens with zero attached hydrogens (tertiary/aromatic N) is 4. The Kier molecular flexibility index (Phi) is 5.30. The summed E-state index contributed by atoms with van der Waals surface area (Å²) in [6.07, 6.45) is 3.32. The molecule has 8 heteroatoms. The van der Waals surface area contributed by atoms with E-state index < -0.39 is 4.92 Å². The van der Waals surface area contributed by atoms with Crippen molar-refractivity contribution in [3.8, 4) is 0 Å². The summed E-state index contributed by atoms with van der Waals surface area (Å²) in [4.78, 5) is 20.7. The minimum absolute atomic E-state index is 0.0277. The van der Waals surface area contributed by atoms with Gasteiger partial charge in [-0.3, -0.25) is 10.1 Å². The average Bonchev–Trinajstić information content (AvgIpc) is 2.39. The molecule has 1 aromatic heterocycles. The molecule has 0 radical (unpaired) electrons. The Morgan fingerprint density at radius 3 is 2.71 bits per heavy atom. The van der Waals surface area contributed by atoms with Gasteiger partial charge in [0, 0.05) is 6.54 Å². The number of halogens is 1. The number of nitro groups is 1. The largest absolute Gasteiger partial charge is 0.364 e. The van der Waals surface area contributed by atoms with E-state index in [1.165, 1.54) is 12.8 Å². The summed E-state index contributed by atoms with van der Waals surface area (Å²) in [6.45, 7) is 4.45. The number of piperidine rings is 1. The molecule has 0 amide bonds. The van der Waals surface area contributed by atoms with Gasteiger partial charge in [-0.2, -0.15) is 4.98 Å². The van der Waals surface area contributed by atoms with Gasteiger partial charge in [-0.15, -0.1) is 0 Å². The Balaban J connectivity index is 1.95. The van der Waals surface area contributed by atoms with Crippen LogP contribution >= 0.6 is 11.6 Å². The summed E-state index contributed by atoms with van der Waals surface area (Å²) in [5.41, 5.74) is 0.185. The molecule has 7 nitrogen and oxygen atoms in total. The maximum atomic E-state index is 11.1. The number of aromatic nitrogens is 2. The third-order valence-corrected chi connectivity index (χ3v) is 4.07. The van der Waals surface area contributed by atoms with Gasteiger partial charge in [-0.05, 0) is 63.8 Å². The van der Waals surface area contributed by atoms with E-state index in [0.29, 0.717) is 12.5 Å². The van der Waals surface area contributed by atoms with Crippen molar-refractivity contribution < 1.29 is 4.92 Å². The first kappa shape index (κ1) is 15.9. The number of anilines is 1. The molecule has 1 N–H and O–H groups in total. The Morgan fingerprint density at radius 2 is 2.10 bits per heavy atom. The van der Waals surface area contributed by atoms with E-state index in [2.05, 4.69) is 27.2 Å². The van der Waals surface area contributed by atoms with Crippen molar-refractivity contribution in [1.82, 2.24) is 14.9 Å². The molecular formula is C13H20ClN5O2. The SMILES string of the molecule is Cc1nc(Cl)nc(NCCC2CCN(C)CC2)c1[N+](=O)[O-]. The van der Waals surface area contributed by atoms with Crippen LogP contribution in [-0.2, 0) is 0 Å². The lowest BCUT2D eigenvalue weighted by Gasteiger charge is -2.28. The fourth-order valence-electron chi connectivity index (χ4n) is 2.62. The van der Waals surface area contributed by atoms with Crippen LogP contribution < -0.4 is 5.32 Å². The number of likely N-dealkylation sites (tertiary alicyclic amines) is 1. The smallest absolute Gasteiger partial charge is 0.332 e. The van der Waals surface area contributed by atoms with Gasteiger partial charge < -0.3 is 10.2 Å². The summed E-state index contributed by atoms with van der Waals surface area (Å²) in [5.74, 6) is 0.872. The second-order valence-corrected chi connectivity index (χ2v) is 5.83. The number of rotatable bonds is 5. The van der Waals surface area contributed by atoms with Crippen molar-refractivity contribution in [3.05, 3.63) is 21.1 Å². The normalized spacial score (nSPS) is 16.9. The standard InChI is InChI=1S/C13H20ClN5O2/c1-9-11(19(20)21)12(17-13(14)16-9)15-6-3-10-4-7-18(2)8-5-10/h10H,3-8H2,1-2H3,(H,15,16,17). The molecule has 1 aliphatic heterocycles. The van der Waals surface area contributed by atoms with Crippen LogP contribution in [0.4, 0.5) is 11.5 Å². The molecule has 1 aliphatic rings. The fraction of sp³-hybridized carbons (Fsp3) is 0.692. The molecule has 1 saturated heterocycles. The van der Waals surface area contributed by atoms with Gasteiger partial charge in [-0.1, -0.05) is 0 Å². The molecular weight excluding hydrogens is 294 g/mol. The van der Waals surface area contributed by atoms with E-state index in [-0.39, 0.29) is 22.5 Å². The van der Waals surface area contributed by atoms with Gasteiger partial charge in [0.2, 0.25) is 11.1 Å². The first-order valence-corrected chi connectivity index (χ1v) is 7.46. The number of hydrogen-bond donors (Lipinski definition) is 1. The van der Waals surface area contributed by atoms with Crippen LogP contribution in [0.2, 0.25) is 5.28 Å². The van der Waals surface area contributed by atoms with Crippen molar-refractivity contribution in [2.24, 2.45) is 5.92 Å². The quantitative estimate of drug-likeness (QED) is 0.511. The zero-order chi connectivity index (χ0) is 15.4. The molecule has 116 valence electrons. The summed E-state index contributed by atoms with van der Waals surface area (Å²) in [5, 5.41) is 14.2. The van der Waals surface area contributed by atoms with E-state index in [0.717, 1.165) is 19.5 Å². The highest BCUT2D eigenvalue weighted by molar-refractivity contribution is 6.28. The van der Waals surface area contributed by atoms with E-state index >= 15 is 0 Å². The number of aryl methyl sites for hydroxylation is 1. The van der Waals surface area contributed by atoms with Crippen LogP contribution in [0.1, 0.15) is 25.0 Å². The van der Waals surface area contributed by atoms with Gasteiger partial charge >= 0.3 is 5.69 Å². The van der Waals surface area contributed by atoms with Crippen LogP contribution in [0.3, 0.4) is 0 Å². The molecule has 1 aromatic rings. The van der Waals surface area contributed by atoms with Crippen molar-refractivity contribution >= 4 is 23.1 Å². The molecule has 2 heterocycles. The van der Waals surface area contributed by atoms with E-state index in [4.69, 9.17) is 11.6 Å². The second kappa shape index (κ2) is 7.00. The van der Waals surface area contributed by atoms with Gasteiger partial charge in [0.1, 0.15) is 5.69 Å². The predicted octanol–water partition coefficient (Wildman–Crippen LogP) is 2.49. The highest BCUT2D eigenvalue weighted by Gasteiger charge is 2.22. The average molecular weight is 314 g/mol. The molecule has 21 heavy (non-hydrogen) atoms. The van der Waals surface area contributed by atoms with Crippen LogP contribution in [-0.4, -0.2) is 46.5 Å². The lowest BCUT2D eigenvalue weighted by atomic mass is 9.94. The summed E-state index contributed by atoms with van der Waals surface area (Å²) in [6, 6.07) is 0. The minimum atomic E-state index is -0.469. The van der Waals surface area contributed by atoms with Gasteiger partial charge in [0.15, 0.2) is 0 Å².